The number of nitrogens with one attached hydrogen (secondary N) is 1. The van der Waals surface area contributed by atoms with E-state index in [2.05, 4.69) is 5.32 Å². The molecule has 1 rings (SSSR count). The van der Waals surface area contributed by atoms with Crippen molar-refractivity contribution in [3.63, 3.8) is 0 Å². The van der Waals surface area contributed by atoms with Crippen molar-refractivity contribution in [3.8, 4) is 0 Å². The number of hydrogen-bond donors (Lipinski definition) is 1. The molecule has 0 saturated carbocycles. The fourth-order valence-electron chi connectivity index (χ4n) is 1.23. The van der Waals surface area contributed by atoms with Crippen molar-refractivity contribution < 1.29 is 9.59 Å². The van der Waals surface area contributed by atoms with Crippen LogP contribution in [0.2, 0.25) is 0 Å². The summed E-state index contributed by atoms with van der Waals surface area (Å²) in [4.78, 5) is 24.3. The van der Waals surface area contributed by atoms with Crippen LogP contribution in [0.4, 0.5) is 5.69 Å². The molecular formula is C13H16N2O2. The molecule has 0 atom stereocenters. The molecule has 4 heteroatoms. The summed E-state index contributed by atoms with van der Waals surface area (Å²) in [5.41, 5.74) is 1.28. The number of carbonyl (C=O) groups is 2. The Hall–Kier alpha value is -2.10. The Bertz CT molecular complexity index is 433. The number of carbonyl (C=O) groups excluding carboxylic acids is 2. The topological polar surface area (TPSA) is 49.4 Å². The summed E-state index contributed by atoms with van der Waals surface area (Å²) in [7, 11) is 3.70. The zero-order valence-electron chi connectivity index (χ0n) is 10.2. The molecule has 0 aliphatic carbocycles. The van der Waals surface area contributed by atoms with E-state index in [9.17, 15) is 9.59 Å². The Kier molecular flexibility index (Phi) is 4.46. The van der Waals surface area contributed by atoms with E-state index >= 15 is 0 Å². The molecule has 0 aliphatic heterocycles. The highest BCUT2D eigenvalue weighted by Crippen LogP contribution is 2.10. The van der Waals surface area contributed by atoms with Gasteiger partial charge in [-0.1, -0.05) is 0 Å². The lowest BCUT2D eigenvalue weighted by Gasteiger charge is -2.04. The maximum atomic E-state index is 11.7. The largest absolute Gasteiger partial charge is 0.383 e. The second kappa shape index (κ2) is 5.84. The third kappa shape index (κ3) is 4.51. The average molecular weight is 232 g/mol. The van der Waals surface area contributed by atoms with E-state index in [-0.39, 0.29) is 11.7 Å². The zero-order chi connectivity index (χ0) is 12.8. The van der Waals surface area contributed by atoms with Crippen LogP contribution in [0.25, 0.3) is 0 Å². The predicted octanol–water partition coefficient (Wildman–Crippen LogP) is 1.90. The Labute approximate surface area is 101 Å². The summed E-state index contributed by atoms with van der Waals surface area (Å²) in [5, 5.41) is 2.64. The van der Waals surface area contributed by atoms with E-state index in [1.54, 1.807) is 35.4 Å². The summed E-state index contributed by atoms with van der Waals surface area (Å²) in [6, 6.07) is 6.79. The van der Waals surface area contributed by atoms with E-state index in [0.717, 1.165) is 0 Å². The molecule has 0 heterocycles. The van der Waals surface area contributed by atoms with Gasteiger partial charge >= 0.3 is 0 Å². The molecule has 1 aromatic carbocycles. The fraction of sp³-hybridized carbons (Fsp3) is 0.231. The number of hydrogen-bond acceptors (Lipinski definition) is 3. The minimum atomic E-state index is -0.128. The van der Waals surface area contributed by atoms with Crippen LogP contribution in [-0.4, -0.2) is 30.7 Å². The van der Waals surface area contributed by atoms with Crippen LogP contribution in [0.15, 0.2) is 36.5 Å². The second-order valence-corrected chi connectivity index (χ2v) is 3.90. The standard InChI is InChI=1S/C13H16N2O2/c1-10(16)14-12-6-4-11(5-7-12)13(17)8-9-15(2)3/h4-9H,1-3H3,(H,14,16). The van der Waals surface area contributed by atoms with Gasteiger partial charge in [0.25, 0.3) is 0 Å². The smallest absolute Gasteiger partial charge is 0.221 e. The Morgan fingerprint density at radius 1 is 1.18 bits per heavy atom. The number of rotatable bonds is 4. The molecule has 1 aromatic rings. The van der Waals surface area contributed by atoms with E-state index in [4.69, 9.17) is 0 Å². The van der Waals surface area contributed by atoms with Crippen LogP contribution >= 0.6 is 0 Å². The van der Waals surface area contributed by atoms with Crippen molar-refractivity contribution in [1.82, 2.24) is 4.90 Å². The highest BCUT2D eigenvalue weighted by molar-refractivity contribution is 6.04. The first-order valence-corrected chi connectivity index (χ1v) is 5.25. The van der Waals surface area contributed by atoms with Gasteiger partial charge in [-0.3, -0.25) is 9.59 Å². The molecular weight excluding hydrogens is 216 g/mol. The van der Waals surface area contributed by atoms with Crippen molar-refractivity contribution in [2.45, 2.75) is 6.92 Å². The number of nitrogens with zero attached hydrogens (tertiary/aromatic N) is 1. The van der Waals surface area contributed by atoms with Gasteiger partial charge in [0, 0.05) is 44.5 Å². The molecule has 0 unspecified atom stereocenters. The Morgan fingerprint density at radius 3 is 2.24 bits per heavy atom. The normalized spacial score (nSPS) is 10.3. The molecule has 0 fully saturated rings. The maximum Gasteiger partial charge on any atom is 0.221 e. The van der Waals surface area contributed by atoms with Crippen LogP contribution in [0.3, 0.4) is 0 Å². The first-order valence-electron chi connectivity index (χ1n) is 5.25. The third-order valence-electron chi connectivity index (χ3n) is 2.01. The van der Waals surface area contributed by atoms with Crippen LogP contribution in [0, 0.1) is 0 Å². The lowest BCUT2D eigenvalue weighted by Crippen LogP contribution is -2.06. The van der Waals surface area contributed by atoms with Crippen molar-refractivity contribution in [2.24, 2.45) is 0 Å². The van der Waals surface area contributed by atoms with Gasteiger partial charge in [-0.25, -0.2) is 0 Å². The number of anilines is 1. The molecule has 0 aliphatic rings. The first kappa shape index (κ1) is 13.0. The Morgan fingerprint density at radius 2 is 1.76 bits per heavy atom. The molecule has 17 heavy (non-hydrogen) atoms. The van der Waals surface area contributed by atoms with Gasteiger partial charge in [0.05, 0.1) is 0 Å². The van der Waals surface area contributed by atoms with Crippen LogP contribution < -0.4 is 5.32 Å². The van der Waals surface area contributed by atoms with Crippen molar-refractivity contribution in [3.05, 3.63) is 42.1 Å². The molecule has 0 aromatic heterocycles. The second-order valence-electron chi connectivity index (χ2n) is 3.90. The summed E-state index contributed by atoms with van der Waals surface area (Å²) >= 11 is 0. The lowest BCUT2D eigenvalue weighted by molar-refractivity contribution is -0.114. The molecule has 1 N–H and O–H groups in total. The average Bonchev–Trinajstić information content (AvgIpc) is 2.26. The quantitative estimate of drug-likeness (QED) is 0.637. The molecule has 0 bridgehead atoms. The highest BCUT2D eigenvalue weighted by atomic mass is 16.1. The van der Waals surface area contributed by atoms with E-state index < -0.39 is 0 Å². The number of amides is 1. The summed E-state index contributed by atoms with van der Waals surface area (Å²) in [5.74, 6) is -0.190. The minimum Gasteiger partial charge on any atom is -0.383 e. The van der Waals surface area contributed by atoms with Crippen LogP contribution in [0.1, 0.15) is 17.3 Å². The third-order valence-corrected chi connectivity index (χ3v) is 2.01. The minimum absolute atomic E-state index is 0.0620. The van der Waals surface area contributed by atoms with Gasteiger partial charge in [0.1, 0.15) is 0 Å². The molecule has 90 valence electrons. The van der Waals surface area contributed by atoms with Gasteiger partial charge < -0.3 is 10.2 Å². The molecule has 0 radical (unpaired) electrons. The maximum absolute atomic E-state index is 11.7. The van der Waals surface area contributed by atoms with E-state index in [1.807, 2.05) is 14.1 Å². The van der Waals surface area contributed by atoms with Crippen LogP contribution in [0.5, 0.6) is 0 Å². The number of ketones is 1. The molecule has 1 amide bonds. The highest BCUT2D eigenvalue weighted by Gasteiger charge is 2.02. The van der Waals surface area contributed by atoms with Crippen molar-refractivity contribution >= 4 is 17.4 Å². The van der Waals surface area contributed by atoms with Gasteiger partial charge in [0.15, 0.2) is 5.78 Å². The van der Waals surface area contributed by atoms with E-state index in [1.165, 1.54) is 13.0 Å². The first-order chi connectivity index (χ1) is 7.99. The van der Waals surface area contributed by atoms with Gasteiger partial charge in [0.2, 0.25) is 5.91 Å². The Balaban J connectivity index is 2.73. The van der Waals surface area contributed by atoms with Gasteiger partial charge in [-0.15, -0.1) is 0 Å². The summed E-state index contributed by atoms with van der Waals surface area (Å²) < 4.78 is 0. The summed E-state index contributed by atoms with van der Waals surface area (Å²) in [6.07, 6.45) is 3.21. The monoisotopic (exact) mass is 232 g/mol. The molecule has 0 spiro atoms. The van der Waals surface area contributed by atoms with Gasteiger partial charge in [-0.2, -0.15) is 0 Å². The lowest BCUT2D eigenvalue weighted by atomic mass is 10.1. The number of benzene rings is 1. The van der Waals surface area contributed by atoms with Crippen LogP contribution in [-0.2, 0) is 4.79 Å². The van der Waals surface area contributed by atoms with Crippen molar-refractivity contribution in [2.75, 3.05) is 19.4 Å². The van der Waals surface area contributed by atoms with Crippen molar-refractivity contribution in [1.29, 1.82) is 0 Å². The van der Waals surface area contributed by atoms with E-state index in [0.29, 0.717) is 11.3 Å². The SMILES string of the molecule is CC(=O)Nc1ccc(C(=O)C=CN(C)C)cc1. The van der Waals surface area contributed by atoms with Gasteiger partial charge in [-0.05, 0) is 24.3 Å². The fourth-order valence-corrected chi connectivity index (χ4v) is 1.23. The predicted molar refractivity (Wildman–Crippen MR) is 67.9 cm³/mol. The molecule has 0 saturated heterocycles. The zero-order valence-corrected chi connectivity index (χ0v) is 10.2. The molecule has 4 nitrogen and oxygen atoms in total. The summed E-state index contributed by atoms with van der Waals surface area (Å²) in [6.45, 7) is 1.44. The number of allylic oxidation sites excluding steroid dienone is 1.